The van der Waals surface area contributed by atoms with Crippen molar-refractivity contribution in [3.63, 3.8) is 0 Å². The third-order valence-electron chi connectivity index (χ3n) is 7.08. The molecule has 1 aromatic rings. The fraction of sp³-hybridized carbons (Fsp3) is 0.667. The molecule has 0 radical (unpaired) electrons. The summed E-state index contributed by atoms with van der Waals surface area (Å²) in [5, 5.41) is 9.98. The molecule has 1 aromatic carbocycles. The fourth-order valence-electron chi connectivity index (χ4n) is 4.81. The number of aliphatic hydroxyl groups is 1. The quantitative estimate of drug-likeness (QED) is 0.109. The number of benzene rings is 1. The third kappa shape index (κ3) is 10.1. The summed E-state index contributed by atoms with van der Waals surface area (Å²) in [4.78, 5) is 14.1. The number of carbonyl (C=O) groups is 1. The van der Waals surface area contributed by atoms with Gasteiger partial charge in [-0.1, -0.05) is 12.2 Å². The smallest absolute Gasteiger partial charge is 0.416 e. The number of ether oxygens (including phenoxy) is 3. The summed E-state index contributed by atoms with van der Waals surface area (Å²) >= 11 is 6.39. The molecule has 0 spiro atoms. The van der Waals surface area contributed by atoms with Crippen LogP contribution in [0.1, 0.15) is 43.2 Å². The van der Waals surface area contributed by atoms with E-state index in [1.165, 1.54) is 0 Å². The number of allylic oxidation sites excluding steroid dienone is 2. The molecule has 13 heteroatoms. The molecule has 2 fully saturated rings. The van der Waals surface area contributed by atoms with Crippen LogP contribution in [0.25, 0.3) is 0 Å². The van der Waals surface area contributed by atoms with Crippen LogP contribution in [-0.4, -0.2) is 73.5 Å². The number of carbonyl (C=O) groups excluding carboxylic acids is 1. The molecule has 2 aliphatic rings. The second-order valence-corrected chi connectivity index (χ2v) is 10.5. The summed E-state index contributed by atoms with van der Waals surface area (Å²) in [6.45, 7) is 3.70. The summed E-state index contributed by atoms with van der Waals surface area (Å²) in [5.41, 5.74) is -2.94. The highest BCUT2D eigenvalue weighted by molar-refractivity contribution is 6.21. The van der Waals surface area contributed by atoms with Gasteiger partial charge in [-0.05, 0) is 49.8 Å². The van der Waals surface area contributed by atoms with Crippen molar-refractivity contribution in [1.82, 2.24) is 4.90 Å². The van der Waals surface area contributed by atoms with Crippen LogP contribution in [-0.2, 0) is 26.6 Å². The van der Waals surface area contributed by atoms with E-state index in [1.807, 2.05) is 12.2 Å². The van der Waals surface area contributed by atoms with Crippen LogP contribution < -0.4 is 4.74 Å². The van der Waals surface area contributed by atoms with Gasteiger partial charge in [-0.25, -0.2) is 0 Å². The number of hydrogen-bond donors (Lipinski definition) is 1. The van der Waals surface area contributed by atoms with Crippen molar-refractivity contribution >= 4 is 17.6 Å². The van der Waals surface area contributed by atoms with Gasteiger partial charge in [0.05, 0.1) is 37.1 Å². The lowest BCUT2D eigenvalue weighted by Crippen LogP contribution is -2.38. The average molecular weight is 602 g/mol. The molecule has 1 N–H and O–H groups in total. The summed E-state index contributed by atoms with van der Waals surface area (Å²) in [6, 6.07) is 1.06. The molecule has 1 aliphatic carbocycles. The maximum Gasteiger partial charge on any atom is 0.416 e. The van der Waals surface area contributed by atoms with E-state index in [0.717, 1.165) is 13.1 Å². The topological polar surface area (TPSA) is 68.2 Å². The summed E-state index contributed by atoms with van der Waals surface area (Å²) < 4.78 is 94.7. The van der Waals surface area contributed by atoms with Gasteiger partial charge in [0.15, 0.2) is 0 Å². The molecule has 1 aliphatic heterocycles. The van der Waals surface area contributed by atoms with Crippen molar-refractivity contribution in [2.45, 2.75) is 55.9 Å². The first kappa shape index (κ1) is 32.5. The molecule has 0 aromatic heterocycles. The normalized spacial score (nSPS) is 24.5. The number of morpholine rings is 1. The zero-order chi connectivity index (χ0) is 29.3. The van der Waals surface area contributed by atoms with Crippen LogP contribution in [0.15, 0.2) is 30.4 Å². The van der Waals surface area contributed by atoms with Gasteiger partial charge in [0.25, 0.3) is 0 Å². The van der Waals surface area contributed by atoms with Crippen LogP contribution in [0, 0.1) is 11.8 Å². The fourth-order valence-corrected chi connectivity index (χ4v) is 5.29. The standard InChI is InChI=1S/C27H34ClF6NO5/c28-23-16-24(36)22(17-40-20-14-18(26(29,30)31)13-19(15-20)27(32,33)34)21(23)5-3-1-2-4-6-25(37)39-12-9-35-7-10-38-11-8-35/h1,3,13-15,21-24,36H,2,4-12,16-17H2/b3-1-/t21-,22-,23-,24-/m1/s1. The molecular weight excluding hydrogens is 568 g/mol. The van der Waals surface area contributed by atoms with E-state index < -0.39 is 46.6 Å². The van der Waals surface area contributed by atoms with E-state index in [4.69, 9.17) is 25.8 Å². The van der Waals surface area contributed by atoms with Gasteiger partial charge >= 0.3 is 18.3 Å². The van der Waals surface area contributed by atoms with Gasteiger partial charge in [-0.3, -0.25) is 9.69 Å². The number of hydrogen-bond acceptors (Lipinski definition) is 6. The van der Waals surface area contributed by atoms with E-state index in [9.17, 15) is 36.2 Å². The molecule has 1 saturated carbocycles. The number of esters is 1. The number of halogens is 7. The van der Waals surface area contributed by atoms with Crippen molar-refractivity contribution in [3.8, 4) is 5.75 Å². The first-order chi connectivity index (χ1) is 18.8. The van der Waals surface area contributed by atoms with E-state index >= 15 is 0 Å². The lowest BCUT2D eigenvalue weighted by atomic mass is 9.92. The minimum Gasteiger partial charge on any atom is -0.493 e. The minimum atomic E-state index is -4.99. The number of alkyl halides is 7. The zero-order valence-electron chi connectivity index (χ0n) is 21.9. The van der Waals surface area contributed by atoms with Gasteiger partial charge < -0.3 is 19.3 Å². The molecule has 0 unspecified atom stereocenters. The predicted octanol–water partition coefficient (Wildman–Crippen LogP) is 5.70. The molecule has 0 amide bonds. The zero-order valence-corrected chi connectivity index (χ0v) is 22.6. The molecule has 4 atom stereocenters. The highest BCUT2D eigenvalue weighted by Crippen LogP contribution is 2.41. The maximum atomic E-state index is 13.1. The first-order valence-corrected chi connectivity index (χ1v) is 13.6. The van der Waals surface area contributed by atoms with E-state index in [2.05, 4.69) is 4.90 Å². The first-order valence-electron chi connectivity index (χ1n) is 13.2. The molecule has 6 nitrogen and oxygen atoms in total. The molecule has 1 heterocycles. The largest absolute Gasteiger partial charge is 0.493 e. The number of rotatable bonds is 12. The highest BCUT2D eigenvalue weighted by atomic mass is 35.5. The minimum absolute atomic E-state index is 0.0326. The van der Waals surface area contributed by atoms with E-state index in [-0.39, 0.29) is 37.4 Å². The van der Waals surface area contributed by atoms with Crippen LogP contribution >= 0.6 is 11.6 Å². The monoisotopic (exact) mass is 601 g/mol. The van der Waals surface area contributed by atoms with Gasteiger partial charge in [-0.2, -0.15) is 26.3 Å². The number of aliphatic hydroxyl groups excluding tert-OH is 1. The Hall–Kier alpha value is -2.02. The van der Waals surface area contributed by atoms with Crippen molar-refractivity contribution < 1.29 is 50.5 Å². The molecule has 226 valence electrons. The van der Waals surface area contributed by atoms with Gasteiger partial charge in [0.1, 0.15) is 12.4 Å². The Balaban J connectivity index is 1.45. The molecule has 1 saturated heterocycles. The summed E-state index contributed by atoms with van der Waals surface area (Å²) in [7, 11) is 0. The van der Waals surface area contributed by atoms with Crippen LogP contribution in [0.3, 0.4) is 0 Å². The molecule has 40 heavy (non-hydrogen) atoms. The Kier molecular flexibility index (Phi) is 12.0. The van der Waals surface area contributed by atoms with Crippen molar-refractivity contribution in [2.75, 3.05) is 46.1 Å². The van der Waals surface area contributed by atoms with Crippen LogP contribution in [0.4, 0.5) is 26.3 Å². The maximum absolute atomic E-state index is 13.1. The van der Waals surface area contributed by atoms with Crippen molar-refractivity contribution in [3.05, 3.63) is 41.5 Å². The Morgan fingerprint density at radius 3 is 2.33 bits per heavy atom. The summed E-state index contributed by atoms with van der Waals surface area (Å²) in [5.74, 6) is -1.75. The van der Waals surface area contributed by atoms with Gasteiger partial charge in [0.2, 0.25) is 0 Å². The second kappa shape index (κ2) is 14.7. The number of unbranched alkanes of at least 4 members (excludes halogenated alkanes) is 1. The van der Waals surface area contributed by atoms with Gasteiger partial charge in [-0.15, -0.1) is 11.6 Å². The van der Waals surface area contributed by atoms with Crippen molar-refractivity contribution in [1.29, 1.82) is 0 Å². The highest BCUT2D eigenvalue weighted by Gasteiger charge is 2.42. The SMILES string of the molecule is O=C(CCC/C=C\C[C@@H]1[C@@H](COc2cc(C(F)(F)F)cc(C(F)(F)F)c2)[C@H](O)C[C@H]1Cl)OCCN1CCOCC1. The molecular formula is C27H34ClF6NO5. The average Bonchev–Trinajstić information content (AvgIpc) is 3.15. The lowest BCUT2D eigenvalue weighted by Gasteiger charge is -2.26. The predicted molar refractivity (Wildman–Crippen MR) is 135 cm³/mol. The molecule has 3 rings (SSSR count). The lowest BCUT2D eigenvalue weighted by molar-refractivity contribution is -0.145. The van der Waals surface area contributed by atoms with Crippen molar-refractivity contribution in [2.24, 2.45) is 11.8 Å². The molecule has 0 bridgehead atoms. The summed E-state index contributed by atoms with van der Waals surface area (Å²) in [6.07, 6.45) is -5.07. The Bertz CT molecular complexity index is 951. The van der Waals surface area contributed by atoms with E-state index in [1.54, 1.807) is 0 Å². The Labute approximate surface area is 234 Å². The van der Waals surface area contributed by atoms with Crippen LogP contribution in [0.5, 0.6) is 5.75 Å². The second-order valence-electron chi connectivity index (χ2n) is 9.97. The van der Waals surface area contributed by atoms with E-state index in [0.29, 0.717) is 57.8 Å². The Morgan fingerprint density at radius 2 is 1.70 bits per heavy atom. The Morgan fingerprint density at radius 1 is 1.05 bits per heavy atom. The van der Waals surface area contributed by atoms with Gasteiger partial charge in [0, 0.05) is 37.4 Å². The third-order valence-corrected chi connectivity index (χ3v) is 7.58. The number of nitrogens with zero attached hydrogens (tertiary/aromatic N) is 1. The van der Waals surface area contributed by atoms with Crippen LogP contribution in [0.2, 0.25) is 0 Å².